The zero-order chi connectivity index (χ0) is 20.3. The highest BCUT2D eigenvalue weighted by atomic mass is 32.1. The number of aryl methyl sites for hydroxylation is 1. The van der Waals surface area contributed by atoms with Crippen LogP contribution in [0.5, 0.6) is 0 Å². The predicted octanol–water partition coefficient (Wildman–Crippen LogP) is 6.61. The summed E-state index contributed by atoms with van der Waals surface area (Å²) in [5.74, 6) is 0.570. The Morgan fingerprint density at radius 1 is 0.967 bits per heavy atom. The molecule has 2 aliphatic rings. The van der Waals surface area contributed by atoms with Gasteiger partial charge < -0.3 is 4.90 Å². The molecule has 0 unspecified atom stereocenters. The maximum Gasteiger partial charge on any atom is 0.186 e. The third kappa shape index (κ3) is 4.00. The molecule has 3 aromatic rings. The Hall–Kier alpha value is -2.27. The fourth-order valence-corrected chi connectivity index (χ4v) is 6.08. The van der Waals surface area contributed by atoms with E-state index in [2.05, 4.69) is 47.3 Å². The largest absolute Gasteiger partial charge is 0.348 e. The van der Waals surface area contributed by atoms with Gasteiger partial charge in [-0.15, -0.1) is 0 Å². The van der Waals surface area contributed by atoms with Crippen molar-refractivity contribution < 1.29 is 0 Å². The van der Waals surface area contributed by atoms with E-state index < -0.39 is 0 Å². The fourth-order valence-electron chi connectivity index (χ4n) is 4.92. The van der Waals surface area contributed by atoms with E-state index in [9.17, 15) is 0 Å². The van der Waals surface area contributed by atoms with Crippen molar-refractivity contribution in [1.29, 1.82) is 0 Å². The average Bonchev–Trinajstić information content (AvgIpc) is 3.26. The molecular weight excluding hydrogens is 388 g/mol. The second-order valence-electron chi connectivity index (χ2n) is 8.75. The zero-order valence-electron chi connectivity index (χ0n) is 17.8. The van der Waals surface area contributed by atoms with Crippen LogP contribution in [0.3, 0.4) is 0 Å². The second-order valence-corrected chi connectivity index (χ2v) is 9.73. The first-order chi connectivity index (χ1) is 14.8. The Kier molecular flexibility index (Phi) is 5.80. The highest BCUT2D eigenvalue weighted by molar-refractivity contribution is 7.19. The van der Waals surface area contributed by atoms with Crippen molar-refractivity contribution in [1.82, 2.24) is 15.0 Å². The number of hydrogen-bond acceptors (Lipinski definition) is 5. The minimum Gasteiger partial charge on any atom is -0.348 e. The molecule has 0 N–H and O–H groups in total. The average molecular weight is 419 g/mol. The van der Waals surface area contributed by atoms with Crippen LogP contribution in [-0.4, -0.2) is 28.0 Å². The van der Waals surface area contributed by atoms with Crippen molar-refractivity contribution >= 4 is 16.5 Å². The summed E-state index contributed by atoms with van der Waals surface area (Å²) in [4.78, 5) is 18.1. The molecule has 1 aliphatic heterocycles. The molecule has 1 saturated heterocycles. The molecular formula is C25H30N4S. The third-order valence-corrected chi connectivity index (χ3v) is 7.66. The van der Waals surface area contributed by atoms with Gasteiger partial charge in [-0.05, 0) is 51.0 Å². The van der Waals surface area contributed by atoms with Crippen LogP contribution in [0.4, 0.5) is 5.13 Å². The number of aromatic nitrogens is 3. The fraction of sp³-hybridized carbons (Fsp3) is 0.480. The molecule has 4 nitrogen and oxygen atoms in total. The van der Waals surface area contributed by atoms with Crippen LogP contribution in [0.25, 0.3) is 21.8 Å². The summed E-state index contributed by atoms with van der Waals surface area (Å²) in [5, 5.41) is 1.15. The van der Waals surface area contributed by atoms with Crippen LogP contribution in [0.1, 0.15) is 68.4 Å². The molecule has 0 spiro atoms. The van der Waals surface area contributed by atoms with Crippen LogP contribution in [0.15, 0.2) is 36.8 Å². The summed E-state index contributed by atoms with van der Waals surface area (Å²) < 4.78 is 0. The van der Waals surface area contributed by atoms with Crippen LogP contribution < -0.4 is 4.90 Å². The van der Waals surface area contributed by atoms with Crippen molar-refractivity contribution in [2.45, 2.75) is 64.2 Å². The molecule has 2 aromatic heterocycles. The Bertz CT molecular complexity index is 1000. The Labute approximate surface area is 183 Å². The highest BCUT2D eigenvalue weighted by Gasteiger charge is 2.26. The highest BCUT2D eigenvalue weighted by Crippen LogP contribution is 2.44. The van der Waals surface area contributed by atoms with Crippen molar-refractivity contribution in [3.05, 3.63) is 47.9 Å². The molecule has 0 radical (unpaired) electrons. The SMILES string of the molecule is Cc1cccc(-c2nc(N3CCCCC3)sc2-c2ncncc2C2CCCCC2)c1. The van der Waals surface area contributed by atoms with E-state index in [0.29, 0.717) is 5.92 Å². The van der Waals surface area contributed by atoms with Crippen LogP contribution >= 0.6 is 11.3 Å². The van der Waals surface area contributed by atoms with Crippen molar-refractivity contribution in [3.8, 4) is 21.8 Å². The number of hydrogen-bond donors (Lipinski definition) is 0. The molecule has 1 aromatic carbocycles. The molecule has 1 saturated carbocycles. The Balaban J connectivity index is 1.63. The number of thiazole rings is 1. The first-order valence-corrected chi connectivity index (χ1v) is 12.2. The van der Waals surface area contributed by atoms with Crippen LogP contribution in [-0.2, 0) is 0 Å². The maximum absolute atomic E-state index is 5.19. The topological polar surface area (TPSA) is 41.9 Å². The van der Waals surface area contributed by atoms with Gasteiger partial charge in [0.15, 0.2) is 5.13 Å². The van der Waals surface area contributed by atoms with E-state index in [4.69, 9.17) is 9.97 Å². The number of piperidine rings is 1. The lowest BCUT2D eigenvalue weighted by Crippen LogP contribution is -2.29. The van der Waals surface area contributed by atoms with Gasteiger partial charge in [0.1, 0.15) is 6.33 Å². The molecule has 1 aliphatic carbocycles. The minimum absolute atomic E-state index is 0.570. The first kappa shape index (κ1) is 19.7. The van der Waals surface area contributed by atoms with Crippen molar-refractivity contribution in [2.24, 2.45) is 0 Å². The zero-order valence-corrected chi connectivity index (χ0v) is 18.6. The number of nitrogens with zero attached hydrogens (tertiary/aromatic N) is 4. The Morgan fingerprint density at radius 3 is 2.57 bits per heavy atom. The van der Waals surface area contributed by atoms with Gasteiger partial charge in [0.2, 0.25) is 0 Å². The van der Waals surface area contributed by atoms with Crippen molar-refractivity contribution in [3.63, 3.8) is 0 Å². The van der Waals surface area contributed by atoms with Gasteiger partial charge in [0.25, 0.3) is 0 Å². The molecule has 5 heteroatoms. The van der Waals surface area contributed by atoms with Gasteiger partial charge in [-0.3, -0.25) is 0 Å². The molecule has 0 atom stereocenters. The summed E-state index contributed by atoms with van der Waals surface area (Å²) in [7, 11) is 0. The normalized spacial score (nSPS) is 18.0. The summed E-state index contributed by atoms with van der Waals surface area (Å²) >= 11 is 1.82. The van der Waals surface area contributed by atoms with E-state index in [1.165, 1.54) is 72.9 Å². The molecule has 156 valence electrons. The monoisotopic (exact) mass is 418 g/mol. The summed E-state index contributed by atoms with van der Waals surface area (Å²) in [6.07, 6.45) is 14.1. The van der Waals surface area contributed by atoms with Crippen molar-refractivity contribution in [2.75, 3.05) is 18.0 Å². The van der Waals surface area contributed by atoms with E-state index in [1.807, 2.05) is 11.3 Å². The molecule has 5 rings (SSSR count). The lowest BCUT2D eigenvalue weighted by Gasteiger charge is -2.25. The number of benzene rings is 1. The maximum atomic E-state index is 5.19. The predicted molar refractivity (Wildman–Crippen MR) is 125 cm³/mol. The Morgan fingerprint density at radius 2 is 1.77 bits per heavy atom. The smallest absolute Gasteiger partial charge is 0.186 e. The molecule has 30 heavy (non-hydrogen) atoms. The summed E-state index contributed by atoms with van der Waals surface area (Å²) in [6, 6.07) is 8.72. The summed E-state index contributed by atoms with van der Waals surface area (Å²) in [6.45, 7) is 4.37. The van der Waals surface area contributed by atoms with Gasteiger partial charge in [0, 0.05) is 30.4 Å². The molecule has 0 bridgehead atoms. The molecule has 0 amide bonds. The standard InChI is InChI=1S/C25H30N4S/c1-18-9-8-12-20(15-18)22-24(30-25(28-22)29-13-6-3-7-14-29)23-21(16-26-17-27-23)19-10-4-2-5-11-19/h8-9,12,15-17,19H,2-7,10-11,13-14H2,1H3. The quantitative estimate of drug-likeness (QED) is 0.478. The lowest BCUT2D eigenvalue weighted by atomic mass is 9.83. The van der Waals surface area contributed by atoms with E-state index in [0.717, 1.165) is 29.6 Å². The van der Waals surface area contributed by atoms with Gasteiger partial charge in [0.05, 0.1) is 16.3 Å². The van der Waals surface area contributed by atoms with Crippen LogP contribution in [0.2, 0.25) is 0 Å². The minimum atomic E-state index is 0.570. The lowest BCUT2D eigenvalue weighted by molar-refractivity contribution is 0.443. The van der Waals surface area contributed by atoms with Gasteiger partial charge in [-0.25, -0.2) is 15.0 Å². The van der Waals surface area contributed by atoms with E-state index >= 15 is 0 Å². The van der Waals surface area contributed by atoms with Gasteiger partial charge >= 0.3 is 0 Å². The van der Waals surface area contributed by atoms with E-state index in [-0.39, 0.29) is 0 Å². The number of rotatable bonds is 4. The van der Waals surface area contributed by atoms with Gasteiger partial charge in [-0.1, -0.05) is 54.4 Å². The number of anilines is 1. The molecule has 2 fully saturated rings. The second kappa shape index (κ2) is 8.84. The van der Waals surface area contributed by atoms with Crippen LogP contribution in [0, 0.1) is 6.92 Å². The van der Waals surface area contributed by atoms with E-state index in [1.54, 1.807) is 6.33 Å². The van der Waals surface area contributed by atoms with Gasteiger partial charge in [-0.2, -0.15) is 0 Å². The molecule has 3 heterocycles. The summed E-state index contributed by atoms with van der Waals surface area (Å²) in [5.41, 5.74) is 5.97. The first-order valence-electron chi connectivity index (χ1n) is 11.4. The third-order valence-electron chi connectivity index (χ3n) is 6.53.